The van der Waals surface area contributed by atoms with Crippen LogP contribution in [-0.2, 0) is 0 Å². The maximum atomic E-state index is 9.75. The Bertz CT molecular complexity index is 588. The van der Waals surface area contributed by atoms with Crippen molar-refractivity contribution >= 4 is 6.21 Å². The number of phenolic OH excluding ortho intramolecular Hbond substituents is 2. The Morgan fingerprint density at radius 3 is 2.42 bits per heavy atom. The van der Waals surface area contributed by atoms with Crippen LogP contribution in [0, 0.1) is 6.92 Å². The van der Waals surface area contributed by atoms with E-state index in [1.807, 2.05) is 38.1 Å². The zero-order valence-electron chi connectivity index (χ0n) is 11.0. The van der Waals surface area contributed by atoms with E-state index in [1.165, 1.54) is 23.8 Å². The lowest BCUT2D eigenvalue weighted by Crippen LogP contribution is -1.92. The van der Waals surface area contributed by atoms with Crippen LogP contribution < -0.4 is 0 Å². The lowest BCUT2D eigenvalue weighted by Gasteiger charge is -2.09. The van der Waals surface area contributed by atoms with E-state index in [-0.39, 0.29) is 17.5 Å². The van der Waals surface area contributed by atoms with E-state index in [4.69, 9.17) is 0 Å². The van der Waals surface area contributed by atoms with Gasteiger partial charge in [-0.2, -0.15) is 0 Å². The molecule has 0 heterocycles. The van der Waals surface area contributed by atoms with Crippen LogP contribution in [0.1, 0.15) is 29.7 Å². The number of hydrogen-bond donors (Lipinski definition) is 2. The molecule has 2 aromatic rings. The molecule has 19 heavy (non-hydrogen) atoms. The van der Waals surface area contributed by atoms with Gasteiger partial charge in [0.15, 0.2) is 0 Å². The van der Waals surface area contributed by atoms with Crippen LogP contribution in [0.4, 0.5) is 0 Å². The zero-order valence-corrected chi connectivity index (χ0v) is 11.0. The maximum absolute atomic E-state index is 9.75. The van der Waals surface area contributed by atoms with E-state index >= 15 is 0 Å². The van der Waals surface area contributed by atoms with Gasteiger partial charge in [-0.1, -0.05) is 29.8 Å². The molecule has 0 aliphatic carbocycles. The Kier molecular flexibility index (Phi) is 3.85. The van der Waals surface area contributed by atoms with Gasteiger partial charge in [0.25, 0.3) is 0 Å². The molecule has 3 heteroatoms. The second-order valence-electron chi connectivity index (χ2n) is 4.61. The van der Waals surface area contributed by atoms with Gasteiger partial charge < -0.3 is 10.2 Å². The average molecular weight is 255 g/mol. The second-order valence-corrected chi connectivity index (χ2v) is 4.61. The molecule has 0 aromatic heterocycles. The SMILES string of the molecule is Cc1ccc(C=NC(C)c2cc(O)ccc2O)cc1. The van der Waals surface area contributed by atoms with Crippen molar-refractivity contribution in [1.29, 1.82) is 0 Å². The van der Waals surface area contributed by atoms with Gasteiger partial charge >= 0.3 is 0 Å². The fraction of sp³-hybridized carbons (Fsp3) is 0.188. The highest BCUT2D eigenvalue weighted by molar-refractivity contribution is 5.79. The van der Waals surface area contributed by atoms with E-state index in [0.717, 1.165) is 5.56 Å². The van der Waals surface area contributed by atoms with Gasteiger partial charge in [-0.05, 0) is 37.6 Å². The van der Waals surface area contributed by atoms with Crippen molar-refractivity contribution in [2.75, 3.05) is 0 Å². The average Bonchev–Trinajstić information content (AvgIpc) is 2.40. The van der Waals surface area contributed by atoms with E-state index in [9.17, 15) is 10.2 Å². The summed E-state index contributed by atoms with van der Waals surface area (Å²) in [4.78, 5) is 4.40. The molecule has 3 nitrogen and oxygen atoms in total. The third-order valence-electron chi connectivity index (χ3n) is 2.99. The van der Waals surface area contributed by atoms with Gasteiger partial charge in [0.2, 0.25) is 0 Å². The highest BCUT2D eigenvalue weighted by Gasteiger charge is 2.09. The molecular weight excluding hydrogens is 238 g/mol. The molecule has 0 radical (unpaired) electrons. The van der Waals surface area contributed by atoms with Gasteiger partial charge in [-0.15, -0.1) is 0 Å². The quantitative estimate of drug-likeness (QED) is 0.650. The number of phenols is 2. The molecule has 0 bridgehead atoms. The number of aromatic hydroxyl groups is 2. The molecule has 2 aromatic carbocycles. The van der Waals surface area contributed by atoms with Crippen molar-refractivity contribution < 1.29 is 10.2 Å². The second kappa shape index (κ2) is 5.57. The predicted octanol–water partition coefficient (Wildman–Crippen LogP) is 3.59. The van der Waals surface area contributed by atoms with E-state index < -0.39 is 0 Å². The third-order valence-corrected chi connectivity index (χ3v) is 2.99. The lowest BCUT2D eigenvalue weighted by molar-refractivity contribution is 0.450. The largest absolute Gasteiger partial charge is 0.508 e. The molecular formula is C16H17NO2. The van der Waals surface area contributed by atoms with E-state index in [0.29, 0.717) is 5.56 Å². The first kappa shape index (κ1) is 13.1. The summed E-state index contributed by atoms with van der Waals surface area (Å²) in [6.07, 6.45) is 1.77. The van der Waals surface area contributed by atoms with Crippen molar-refractivity contribution in [2.24, 2.45) is 4.99 Å². The topological polar surface area (TPSA) is 52.8 Å². The van der Waals surface area contributed by atoms with Crippen LogP contribution in [0.25, 0.3) is 0 Å². The lowest BCUT2D eigenvalue weighted by atomic mass is 10.1. The summed E-state index contributed by atoms with van der Waals surface area (Å²) in [5.74, 6) is 0.275. The summed E-state index contributed by atoms with van der Waals surface area (Å²) < 4.78 is 0. The van der Waals surface area contributed by atoms with Crippen molar-refractivity contribution in [3.8, 4) is 11.5 Å². The van der Waals surface area contributed by atoms with Crippen LogP contribution >= 0.6 is 0 Å². The summed E-state index contributed by atoms with van der Waals surface area (Å²) in [6.45, 7) is 3.91. The number of benzene rings is 2. The number of aliphatic imine (C=N–C) groups is 1. The third kappa shape index (κ3) is 3.35. The minimum Gasteiger partial charge on any atom is -0.508 e. The van der Waals surface area contributed by atoms with Gasteiger partial charge in [-0.3, -0.25) is 4.99 Å². The van der Waals surface area contributed by atoms with Gasteiger partial charge in [0, 0.05) is 11.8 Å². The summed E-state index contributed by atoms with van der Waals surface area (Å²) in [5, 5.41) is 19.2. The Hall–Kier alpha value is -2.29. The molecule has 0 fully saturated rings. The van der Waals surface area contributed by atoms with Crippen molar-refractivity contribution in [1.82, 2.24) is 0 Å². The first-order valence-corrected chi connectivity index (χ1v) is 6.18. The van der Waals surface area contributed by atoms with Crippen molar-refractivity contribution in [3.05, 3.63) is 59.2 Å². The van der Waals surface area contributed by atoms with E-state index in [2.05, 4.69) is 4.99 Å². The summed E-state index contributed by atoms with van der Waals surface area (Å²) in [6, 6.07) is 12.3. The highest BCUT2D eigenvalue weighted by atomic mass is 16.3. The van der Waals surface area contributed by atoms with Crippen LogP contribution in [0.3, 0.4) is 0 Å². The van der Waals surface area contributed by atoms with Gasteiger partial charge in [0.1, 0.15) is 11.5 Å². The molecule has 0 aliphatic rings. The summed E-state index contributed by atoms with van der Waals surface area (Å²) in [7, 11) is 0. The molecule has 0 spiro atoms. The standard InChI is InChI=1S/C16H17NO2/c1-11-3-5-13(6-4-11)10-17-12(2)15-9-14(18)7-8-16(15)19/h3-10,12,18-19H,1-2H3. The fourth-order valence-electron chi connectivity index (χ4n) is 1.81. The molecule has 0 saturated heterocycles. The Morgan fingerprint density at radius 1 is 1.05 bits per heavy atom. The highest BCUT2D eigenvalue weighted by Crippen LogP contribution is 2.29. The molecule has 0 aliphatic heterocycles. The molecule has 0 saturated carbocycles. The first-order chi connectivity index (χ1) is 9.06. The normalized spacial score (nSPS) is 12.7. The molecule has 0 amide bonds. The smallest absolute Gasteiger partial charge is 0.121 e. The maximum Gasteiger partial charge on any atom is 0.121 e. The summed E-state index contributed by atoms with van der Waals surface area (Å²) >= 11 is 0. The first-order valence-electron chi connectivity index (χ1n) is 6.18. The van der Waals surface area contributed by atoms with Crippen LogP contribution in [0.5, 0.6) is 11.5 Å². The Morgan fingerprint density at radius 2 is 1.74 bits per heavy atom. The van der Waals surface area contributed by atoms with Crippen LogP contribution in [0.2, 0.25) is 0 Å². The van der Waals surface area contributed by atoms with Crippen LogP contribution in [-0.4, -0.2) is 16.4 Å². The minimum atomic E-state index is -0.214. The fourth-order valence-corrected chi connectivity index (χ4v) is 1.81. The molecule has 98 valence electrons. The van der Waals surface area contributed by atoms with Gasteiger partial charge in [-0.25, -0.2) is 0 Å². The Labute approximate surface area is 112 Å². The predicted molar refractivity (Wildman–Crippen MR) is 77.0 cm³/mol. The van der Waals surface area contributed by atoms with E-state index in [1.54, 1.807) is 6.21 Å². The number of hydrogen-bond acceptors (Lipinski definition) is 3. The molecule has 1 unspecified atom stereocenters. The van der Waals surface area contributed by atoms with Crippen molar-refractivity contribution in [3.63, 3.8) is 0 Å². The number of rotatable bonds is 3. The number of aryl methyl sites for hydroxylation is 1. The molecule has 2 N–H and O–H groups in total. The van der Waals surface area contributed by atoms with Crippen molar-refractivity contribution in [2.45, 2.75) is 19.9 Å². The molecule has 2 rings (SSSR count). The van der Waals surface area contributed by atoms with Crippen LogP contribution in [0.15, 0.2) is 47.5 Å². The molecule has 1 atom stereocenters. The monoisotopic (exact) mass is 255 g/mol. The minimum absolute atomic E-state index is 0.130. The Balaban J connectivity index is 2.18. The zero-order chi connectivity index (χ0) is 13.8. The summed E-state index contributed by atoms with van der Waals surface area (Å²) in [5.41, 5.74) is 2.83. The number of nitrogens with zero attached hydrogens (tertiary/aromatic N) is 1. The van der Waals surface area contributed by atoms with Gasteiger partial charge in [0.05, 0.1) is 6.04 Å².